The monoisotopic (exact) mass is 152 g/mol. The fraction of sp³-hybridized carbons (Fsp3) is 0. The Balaban J connectivity index is -0.0000000200. The Morgan fingerprint density at radius 3 is 1.20 bits per heavy atom. The van der Waals surface area contributed by atoms with Crippen LogP contribution in [-0.4, -0.2) is 75.0 Å². The number of halogens is 2. The summed E-state index contributed by atoms with van der Waals surface area (Å²) in [4.78, 5) is 0. The Labute approximate surface area is 90.8 Å². The molecule has 0 saturated carbocycles. The van der Waals surface area contributed by atoms with Crippen LogP contribution in [0.25, 0.3) is 0 Å². The zero-order valence-corrected chi connectivity index (χ0v) is 4.89. The molecular weight excluding hydrogens is 150 g/mol. The van der Waals surface area contributed by atoms with Gasteiger partial charge >= 0.3 is 69.5 Å². The molecule has 5 heavy (non-hydrogen) atoms. The van der Waals surface area contributed by atoms with Gasteiger partial charge in [-0.3, -0.25) is 0 Å². The van der Waals surface area contributed by atoms with E-state index in [2.05, 4.69) is 0 Å². The summed E-state index contributed by atoms with van der Waals surface area (Å²) < 4.78 is 0. The summed E-state index contributed by atoms with van der Waals surface area (Å²) in [6, 6.07) is 0. The van der Waals surface area contributed by atoms with Crippen LogP contribution in [0.15, 0.2) is 0 Å². The van der Waals surface area contributed by atoms with E-state index in [9.17, 15) is 0 Å². The molecule has 0 aliphatic carbocycles. The molecule has 0 fully saturated rings. The van der Waals surface area contributed by atoms with Crippen LogP contribution in [0, 0.1) is 0 Å². The van der Waals surface area contributed by atoms with E-state index < -0.39 is 18.2 Å². The third-order valence-corrected chi connectivity index (χ3v) is 0. The summed E-state index contributed by atoms with van der Waals surface area (Å²) in [5.74, 6) is 0. The molecule has 0 aliphatic rings. The average molecular weight is 153 g/mol. The molecule has 0 aromatic carbocycles. The number of hydrogen-bond donors (Lipinski definition) is 0. The molecule has 0 bridgehead atoms. The van der Waals surface area contributed by atoms with Gasteiger partial charge < -0.3 is 23.6 Å². The minimum atomic E-state index is -0.639. The molecular formula is H3Cl2KMgO. The van der Waals surface area contributed by atoms with Crippen LogP contribution in [0.1, 0.15) is 0 Å². The van der Waals surface area contributed by atoms with Gasteiger partial charge in [-0.15, -0.1) is 0 Å². The zero-order valence-electron chi connectivity index (χ0n) is 1.96. The van der Waals surface area contributed by atoms with Crippen LogP contribution < -0.4 is 0 Å². The van der Waals surface area contributed by atoms with Gasteiger partial charge in [0.2, 0.25) is 0 Å². The fourth-order valence-electron chi connectivity index (χ4n) is 0. The van der Waals surface area contributed by atoms with Crippen molar-refractivity contribution >= 4 is 87.7 Å². The fourth-order valence-corrected chi connectivity index (χ4v) is 0. The van der Waals surface area contributed by atoms with Gasteiger partial charge in [-0.2, -0.15) is 0 Å². The van der Waals surface area contributed by atoms with Gasteiger partial charge in [-0.1, -0.05) is 0 Å². The van der Waals surface area contributed by atoms with E-state index in [0.717, 1.165) is 0 Å². The molecule has 1 nitrogen and oxygen atoms in total. The van der Waals surface area contributed by atoms with Gasteiger partial charge in [0, 0.05) is 0 Å². The standard InChI is InChI=1S/2ClH.K.Mg.H2O.H/h2*1H;;;1H2;/q;;;+2;;/p-2. The topological polar surface area (TPSA) is 31.5 Å². The molecule has 0 spiro atoms. The van der Waals surface area contributed by atoms with Crippen LogP contribution >= 0.6 is 18.1 Å². The Morgan fingerprint density at radius 2 is 1.20 bits per heavy atom. The first kappa shape index (κ1) is 15.7. The van der Waals surface area contributed by atoms with Crippen molar-refractivity contribution in [2.75, 3.05) is 0 Å². The van der Waals surface area contributed by atoms with E-state index in [1.165, 1.54) is 0 Å². The third kappa shape index (κ3) is 19.6. The van der Waals surface area contributed by atoms with E-state index in [1.54, 1.807) is 0 Å². The molecule has 0 amide bonds. The summed E-state index contributed by atoms with van der Waals surface area (Å²) in [6.45, 7) is 0. The first-order valence-corrected chi connectivity index (χ1v) is 4.81. The molecule has 0 aromatic rings. The van der Waals surface area contributed by atoms with Crippen molar-refractivity contribution in [1.82, 2.24) is 0 Å². The number of rotatable bonds is 0. The van der Waals surface area contributed by atoms with Crippen molar-refractivity contribution in [1.29, 1.82) is 0 Å². The molecule has 0 saturated heterocycles. The molecule has 0 radical (unpaired) electrons. The van der Waals surface area contributed by atoms with Gasteiger partial charge in [0.25, 0.3) is 0 Å². The molecule has 0 atom stereocenters. The molecule has 26 valence electrons. The van der Waals surface area contributed by atoms with Crippen LogP contribution in [0.4, 0.5) is 0 Å². The van der Waals surface area contributed by atoms with Crippen LogP contribution in [0.2, 0.25) is 0 Å². The maximum absolute atomic E-state index is 4.90. The molecule has 5 heteroatoms. The van der Waals surface area contributed by atoms with Crippen molar-refractivity contribution in [3.63, 3.8) is 0 Å². The number of hydrogen-bond acceptors (Lipinski definition) is 0. The van der Waals surface area contributed by atoms with Crippen LogP contribution in [-0.2, 0) is 0 Å². The second kappa shape index (κ2) is 15.8. The Bertz CT molecular complexity index is 9.61. The zero-order chi connectivity index (χ0) is 2.71. The Kier molecular flexibility index (Phi) is 49.4. The minimum absolute atomic E-state index is 0. The maximum atomic E-state index is 4.90. The third-order valence-electron chi connectivity index (χ3n) is 0. The van der Waals surface area contributed by atoms with Crippen LogP contribution in [0.5, 0.6) is 0 Å². The van der Waals surface area contributed by atoms with E-state index in [-0.39, 0.29) is 56.9 Å². The summed E-state index contributed by atoms with van der Waals surface area (Å²) in [5, 5.41) is 0. The SMILES string of the molecule is O.[Cl][Mg][Cl].[KH]. The molecule has 0 unspecified atom stereocenters. The normalized spacial score (nSPS) is 2.00. The van der Waals surface area contributed by atoms with Crippen molar-refractivity contribution in [3.8, 4) is 0 Å². The van der Waals surface area contributed by atoms with Crippen molar-refractivity contribution in [2.24, 2.45) is 0 Å². The molecule has 0 aliphatic heterocycles. The summed E-state index contributed by atoms with van der Waals surface area (Å²) in [6.07, 6.45) is 0. The van der Waals surface area contributed by atoms with Gasteiger partial charge in [-0.05, 0) is 0 Å². The summed E-state index contributed by atoms with van der Waals surface area (Å²) >= 11 is -0.639. The van der Waals surface area contributed by atoms with Gasteiger partial charge in [0.15, 0.2) is 0 Å². The van der Waals surface area contributed by atoms with E-state index in [1.807, 2.05) is 0 Å². The Hall–Kier alpha value is 2.94. The predicted octanol–water partition coefficient (Wildman–Crippen LogP) is -0.475. The second-order valence-electron chi connectivity index (χ2n) is 0.101. The van der Waals surface area contributed by atoms with Gasteiger partial charge in [-0.25, -0.2) is 0 Å². The van der Waals surface area contributed by atoms with Gasteiger partial charge in [0.1, 0.15) is 0 Å². The molecule has 0 rings (SSSR count). The first-order valence-electron chi connectivity index (χ1n) is 0.535. The average Bonchev–Trinajstić information content (AvgIpc) is 0.918. The quantitative estimate of drug-likeness (QED) is 0.421. The van der Waals surface area contributed by atoms with Crippen molar-refractivity contribution < 1.29 is 5.48 Å². The van der Waals surface area contributed by atoms with E-state index >= 15 is 0 Å². The van der Waals surface area contributed by atoms with Crippen molar-refractivity contribution in [2.45, 2.75) is 0 Å². The summed E-state index contributed by atoms with van der Waals surface area (Å²) in [7, 11) is 9.81. The van der Waals surface area contributed by atoms with Crippen molar-refractivity contribution in [3.05, 3.63) is 0 Å². The van der Waals surface area contributed by atoms with Gasteiger partial charge in [0.05, 0.1) is 0 Å². The van der Waals surface area contributed by atoms with E-state index in [0.29, 0.717) is 0 Å². The van der Waals surface area contributed by atoms with Crippen LogP contribution in [0.3, 0.4) is 0 Å². The molecule has 0 aromatic heterocycles. The summed E-state index contributed by atoms with van der Waals surface area (Å²) in [5.41, 5.74) is 0. The second-order valence-corrected chi connectivity index (χ2v) is 2.73. The molecule has 2 N–H and O–H groups in total. The van der Waals surface area contributed by atoms with E-state index in [4.69, 9.17) is 18.1 Å². The Morgan fingerprint density at radius 1 is 1.20 bits per heavy atom. The first-order chi connectivity index (χ1) is 1.41. The molecule has 0 heterocycles. The predicted molar refractivity (Wildman–Crippen MR) is 28.2 cm³/mol.